The Morgan fingerprint density at radius 3 is 2.57 bits per heavy atom. The summed E-state index contributed by atoms with van der Waals surface area (Å²) >= 11 is 3.37. The van der Waals surface area contributed by atoms with Crippen molar-refractivity contribution >= 4 is 21.8 Å². The van der Waals surface area contributed by atoms with Crippen molar-refractivity contribution < 1.29 is 19.5 Å². The summed E-state index contributed by atoms with van der Waals surface area (Å²) in [5.41, 5.74) is 0. The van der Waals surface area contributed by atoms with Gasteiger partial charge in [0.2, 0.25) is 5.91 Å². The number of hydrogen-bond acceptors (Lipinski definition) is 3. The fraction of sp³-hybridized carbons (Fsp3) is 0.533. The van der Waals surface area contributed by atoms with Gasteiger partial charge >= 0.3 is 0 Å². The molecule has 2 rings (SSSR count). The van der Waals surface area contributed by atoms with Crippen molar-refractivity contribution in [3.05, 3.63) is 28.7 Å². The van der Waals surface area contributed by atoms with Crippen LogP contribution in [0.15, 0.2) is 28.7 Å². The van der Waals surface area contributed by atoms with Gasteiger partial charge in [-0.25, -0.2) is 0 Å². The molecule has 1 amide bonds. The number of halogens is 1. The molecule has 0 aliphatic carbocycles. The number of hydrogen-bond donors (Lipinski definition) is 2. The molecule has 116 valence electrons. The molecule has 0 unspecified atom stereocenters. The van der Waals surface area contributed by atoms with E-state index in [1.807, 2.05) is 29.2 Å². The van der Waals surface area contributed by atoms with E-state index in [9.17, 15) is 9.90 Å². The predicted molar refractivity (Wildman–Crippen MR) is 83.5 cm³/mol. The van der Waals surface area contributed by atoms with Gasteiger partial charge in [0.1, 0.15) is 25.0 Å². The molecule has 6 heteroatoms. The molecule has 0 aromatic heterocycles. The van der Waals surface area contributed by atoms with Gasteiger partial charge < -0.3 is 19.6 Å². The number of aliphatic hydroxyl groups excluding tert-OH is 1. The minimum Gasteiger partial charge on any atom is -0.491 e. The van der Waals surface area contributed by atoms with Crippen LogP contribution in [0.1, 0.15) is 6.92 Å². The van der Waals surface area contributed by atoms with Crippen LogP contribution in [0, 0.1) is 0 Å². The van der Waals surface area contributed by atoms with Gasteiger partial charge in [-0.05, 0) is 24.3 Å². The van der Waals surface area contributed by atoms with E-state index in [-0.39, 0.29) is 5.91 Å². The second-order valence-electron chi connectivity index (χ2n) is 5.38. The highest BCUT2D eigenvalue weighted by Crippen LogP contribution is 2.16. The third-order valence-corrected chi connectivity index (χ3v) is 4.22. The number of carbonyl (C=O) groups excluding carboxylic acids is 1. The van der Waals surface area contributed by atoms with Gasteiger partial charge in [-0.1, -0.05) is 15.9 Å². The quantitative estimate of drug-likeness (QED) is 0.775. The minimum absolute atomic E-state index is 0.133. The number of piperazine rings is 1. The number of quaternary nitrogens is 1. The first-order valence-electron chi connectivity index (χ1n) is 7.20. The zero-order chi connectivity index (χ0) is 15.2. The highest BCUT2D eigenvalue weighted by atomic mass is 79.9. The summed E-state index contributed by atoms with van der Waals surface area (Å²) in [6.45, 7) is 5.86. The standard InChI is InChI=1S/C15H21BrN2O3/c1-12(19)18-8-6-17(7-9-18)10-14(20)11-21-15-4-2-13(16)3-5-15/h2-5,14,20H,6-11H2,1H3/p+1/t14-/m1/s1. The van der Waals surface area contributed by atoms with Crippen LogP contribution in [0.4, 0.5) is 0 Å². The number of amides is 1. The van der Waals surface area contributed by atoms with Gasteiger partial charge in [0.05, 0.1) is 26.2 Å². The number of ether oxygens (including phenoxy) is 1. The summed E-state index contributed by atoms with van der Waals surface area (Å²) < 4.78 is 6.58. The molecule has 1 atom stereocenters. The van der Waals surface area contributed by atoms with E-state index in [0.717, 1.165) is 36.4 Å². The molecule has 1 aromatic carbocycles. The lowest BCUT2D eigenvalue weighted by Gasteiger charge is -2.32. The minimum atomic E-state index is -0.493. The van der Waals surface area contributed by atoms with Gasteiger partial charge in [-0.15, -0.1) is 0 Å². The molecular formula is C15H22BrN2O3+. The van der Waals surface area contributed by atoms with Crippen molar-refractivity contribution in [3.63, 3.8) is 0 Å². The Morgan fingerprint density at radius 2 is 2.00 bits per heavy atom. The number of nitrogens with zero attached hydrogens (tertiary/aromatic N) is 1. The fourth-order valence-electron chi connectivity index (χ4n) is 2.46. The summed E-state index contributed by atoms with van der Waals surface area (Å²) in [4.78, 5) is 14.4. The van der Waals surface area contributed by atoms with Crippen LogP contribution in [0.3, 0.4) is 0 Å². The van der Waals surface area contributed by atoms with E-state index in [4.69, 9.17) is 4.74 Å². The zero-order valence-electron chi connectivity index (χ0n) is 12.2. The van der Waals surface area contributed by atoms with Crippen molar-refractivity contribution in [3.8, 4) is 5.75 Å². The van der Waals surface area contributed by atoms with Crippen molar-refractivity contribution in [2.75, 3.05) is 39.3 Å². The first kappa shape index (κ1) is 16.3. The highest BCUT2D eigenvalue weighted by molar-refractivity contribution is 9.10. The van der Waals surface area contributed by atoms with E-state index in [0.29, 0.717) is 13.2 Å². The molecule has 1 heterocycles. The SMILES string of the molecule is CC(=O)N1CC[NH+](C[C@@H](O)COc2ccc(Br)cc2)CC1. The zero-order valence-corrected chi connectivity index (χ0v) is 13.8. The molecular weight excluding hydrogens is 336 g/mol. The van der Waals surface area contributed by atoms with Crippen molar-refractivity contribution in [2.45, 2.75) is 13.0 Å². The Kier molecular flexibility index (Phi) is 6.02. The molecule has 2 N–H and O–H groups in total. The van der Waals surface area contributed by atoms with Gasteiger partial charge in [-0.3, -0.25) is 4.79 Å². The van der Waals surface area contributed by atoms with E-state index in [1.54, 1.807) is 6.92 Å². The van der Waals surface area contributed by atoms with Crippen LogP contribution in [-0.2, 0) is 4.79 Å². The molecule has 1 fully saturated rings. The molecule has 1 saturated heterocycles. The Labute approximate surface area is 133 Å². The maximum atomic E-state index is 11.3. The Hall–Kier alpha value is -1.11. The van der Waals surface area contributed by atoms with Crippen LogP contribution >= 0.6 is 15.9 Å². The smallest absolute Gasteiger partial charge is 0.219 e. The van der Waals surface area contributed by atoms with Crippen molar-refractivity contribution in [2.24, 2.45) is 0 Å². The molecule has 0 saturated carbocycles. The van der Waals surface area contributed by atoms with Gasteiger partial charge in [0.15, 0.2) is 0 Å². The normalized spacial score (nSPS) is 17.6. The lowest BCUT2D eigenvalue weighted by atomic mass is 10.2. The number of nitrogens with one attached hydrogen (secondary N) is 1. The number of aliphatic hydroxyl groups is 1. The Morgan fingerprint density at radius 1 is 1.38 bits per heavy atom. The van der Waals surface area contributed by atoms with Crippen LogP contribution in [0.25, 0.3) is 0 Å². The molecule has 1 aliphatic rings. The van der Waals surface area contributed by atoms with Crippen LogP contribution in [0.5, 0.6) is 5.75 Å². The maximum absolute atomic E-state index is 11.3. The third kappa shape index (κ3) is 5.30. The number of carbonyl (C=O) groups is 1. The highest BCUT2D eigenvalue weighted by Gasteiger charge is 2.23. The summed E-state index contributed by atoms with van der Waals surface area (Å²) in [7, 11) is 0. The van der Waals surface area contributed by atoms with E-state index >= 15 is 0 Å². The van der Waals surface area contributed by atoms with Crippen molar-refractivity contribution in [1.29, 1.82) is 0 Å². The molecule has 1 aliphatic heterocycles. The molecule has 0 spiro atoms. The fourth-order valence-corrected chi connectivity index (χ4v) is 2.72. The van der Waals surface area contributed by atoms with Crippen LogP contribution in [-0.4, -0.2) is 61.3 Å². The second-order valence-corrected chi connectivity index (χ2v) is 6.29. The summed E-state index contributed by atoms with van der Waals surface area (Å²) in [5, 5.41) is 10.1. The molecule has 0 radical (unpaired) electrons. The summed E-state index contributed by atoms with van der Waals surface area (Å²) in [5.74, 6) is 0.891. The topological polar surface area (TPSA) is 54.2 Å². The van der Waals surface area contributed by atoms with Crippen LogP contribution < -0.4 is 9.64 Å². The monoisotopic (exact) mass is 357 g/mol. The van der Waals surface area contributed by atoms with E-state index < -0.39 is 6.10 Å². The first-order valence-corrected chi connectivity index (χ1v) is 7.99. The third-order valence-electron chi connectivity index (χ3n) is 3.70. The lowest BCUT2D eigenvalue weighted by Crippen LogP contribution is -3.15. The van der Waals surface area contributed by atoms with Gasteiger partial charge in [0, 0.05) is 11.4 Å². The molecule has 1 aromatic rings. The summed E-state index contributed by atoms with van der Waals surface area (Å²) in [6.07, 6.45) is -0.493. The largest absolute Gasteiger partial charge is 0.491 e. The average Bonchev–Trinajstić information content (AvgIpc) is 2.47. The van der Waals surface area contributed by atoms with Gasteiger partial charge in [-0.2, -0.15) is 0 Å². The molecule has 5 nitrogen and oxygen atoms in total. The van der Waals surface area contributed by atoms with Gasteiger partial charge in [0.25, 0.3) is 0 Å². The maximum Gasteiger partial charge on any atom is 0.219 e. The number of benzene rings is 1. The summed E-state index contributed by atoms with van der Waals surface area (Å²) in [6, 6.07) is 7.56. The van der Waals surface area contributed by atoms with Crippen LogP contribution in [0.2, 0.25) is 0 Å². The van der Waals surface area contributed by atoms with Crippen molar-refractivity contribution in [1.82, 2.24) is 4.90 Å². The average molecular weight is 358 g/mol. The molecule has 21 heavy (non-hydrogen) atoms. The van der Waals surface area contributed by atoms with E-state index in [1.165, 1.54) is 4.90 Å². The number of rotatable bonds is 5. The van der Waals surface area contributed by atoms with E-state index in [2.05, 4.69) is 15.9 Å². The predicted octanol–water partition coefficient (Wildman–Crippen LogP) is -0.0642. The lowest BCUT2D eigenvalue weighted by molar-refractivity contribution is -0.907. The second kappa shape index (κ2) is 7.77. The Balaban J connectivity index is 1.69. The first-order chi connectivity index (χ1) is 10.0. The molecule has 0 bridgehead atoms. The Bertz CT molecular complexity index is 458.